The maximum absolute atomic E-state index is 12.4. The molecule has 6 nitrogen and oxygen atoms in total. The van der Waals surface area contributed by atoms with E-state index in [1.54, 1.807) is 31.2 Å². The summed E-state index contributed by atoms with van der Waals surface area (Å²) in [6, 6.07) is 8.03. The Morgan fingerprint density at radius 2 is 1.96 bits per heavy atom. The molecule has 1 aromatic carbocycles. The van der Waals surface area contributed by atoms with Crippen molar-refractivity contribution in [3.8, 4) is 0 Å². The lowest BCUT2D eigenvalue weighted by molar-refractivity contribution is -0.175. The Hall–Kier alpha value is -2.29. The van der Waals surface area contributed by atoms with Gasteiger partial charge in [0.05, 0.1) is 6.04 Å². The lowest BCUT2D eigenvalue weighted by atomic mass is 10.2. The Kier molecular flexibility index (Phi) is 6.24. The van der Waals surface area contributed by atoms with Crippen LogP contribution in [0, 0.1) is 0 Å². The molecule has 1 fully saturated rings. The van der Waals surface area contributed by atoms with Crippen molar-refractivity contribution in [2.24, 2.45) is 0 Å². The van der Waals surface area contributed by atoms with Gasteiger partial charge in [0.1, 0.15) is 6.61 Å². The zero-order chi connectivity index (χ0) is 18.4. The number of likely N-dealkylation sites (tertiary alicyclic amines) is 1. The van der Waals surface area contributed by atoms with Gasteiger partial charge in [0.25, 0.3) is 0 Å². The van der Waals surface area contributed by atoms with Crippen molar-refractivity contribution >= 4 is 12.0 Å². The Balaban J connectivity index is 1.97. The molecule has 1 saturated heterocycles. The van der Waals surface area contributed by atoms with E-state index >= 15 is 0 Å². The summed E-state index contributed by atoms with van der Waals surface area (Å²) in [5, 5.41) is 1.87. The molecular formula is C16H19F3N2O4. The first-order chi connectivity index (χ1) is 11.8. The second-order valence-electron chi connectivity index (χ2n) is 5.45. The van der Waals surface area contributed by atoms with Crippen molar-refractivity contribution in [2.45, 2.75) is 38.4 Å². The van der Waals surface area contributed by atoms with E-state index in [-0.39, 0.29) is 26.2 Å². The van der Waals surface area contributed by atoms with E-state index < -0.39 is 30.4 Å². The van der Waals surface area contributed by atoms with Crippen LogP contribution in [0.25, 0.3) is 0 Å². The first-order valence-corrected chi connectivity index (χ1v) is 7.79. The maximum atomic E-state index is 12.4. The summed E-state index contributed by atoms with van der Waals surface area (Å²) in [6.45, 7) is 1.98. The summed E-state index contributed by atoms with van der Waals surface area (Å²) in [5.41, 5.74) is 0.782. The lowest BCUT2D eigenvalue weighted by Gasteiger charge is -2.27. The van der Waals surface area contributed by atoms with Gasteiger partial charge in [0.2, 0.25) is 0 Å². The minimum absolute atomic E-state index is 0.0363. The van der Waals surface area contributed by atoms with E-state index in [1.807, 2.05) is 11.4 Å². The number of hydrogen-bond donors (Lipinski definition) is 1. The molecule has 1 aromatic rings. The molecule has 138 valence electrons. The molecule has 0 bridgehead atoms. The number of alkyl halides is 3. The van der Waals surface area contributed by atoms with Gasteiger partial charge in [-0.2, -0.15) is 13.2 Å². The number of amides is 2. The Morgan fingerprint density at radius 3 is 2.56 bits per heavy atom. The van der Waals surface area contributed by atoms with Gasteiger partial charge in [0, 0.05) is 13.2 Å². The topological polar surface area (TPSA) is 67.9 Å². The van der Waals surface area contributed by atoms with Gasteiger partial charge in [-0.25, -0.2) is 4.79 Å². The molecule has 0 saturated carbocycles. The number of ether oxygens (including phenoxy) is 2. The molecule has 2 rings (SSSR count). The van der Waals surface area contributed by atoms with Gasteiger partial charge in [-0.15, -0.1) is 0 Å². The van der Waals surface area contributed by atoms with Crippen LogP contribution in [-0.2, 0) is 20.9 Å². The highest BCUT2D eigenvalue weighted by atomic mass is 19.4. The Bertz CT molecular complexity index is 595. The van der Waals surface area contributed by atoms with E-state index in [0.717, 1.165) is 5.56 Å². The van der Waals surface area contributed by atoms with Crippen LogP contribution in [0.4, 0.5) is 18.0 Å². The normalized spacial score (nSPS) is 20.4. The van der Waals surface area contributed by atoms with Gasteiger partial charge >= 0.3 is 18.2 Å². The van der Waals surface area contributed by atoms with Crippen molar-refractivity contribution in [1.29, 1.82) is 0 Å². The number of carbonyl (C=O) groups is 2. The van der Waals surface area contributed by atoms with Crippen LogP contribution < -0.4 is 5.32 Å². The fourth-order valence-corrected chi connectivity index (χ4v) is 2.53. The SMILES string of the molecule is CCOC1[C@@H](NC(=O)C(F)(F)F)CCN1C(=O)OCc1ccccc1. The van der Waals surface area contributed by atoms with Gasteiger partial charge in [-0.1, -0.05) is 30.3 Å². The first-order valence-electron chi connectivity index (χ1n) is 7.79. The van der Waals surface area contributed by atoms with Crippen LogP contribution in [0.2, 0.25) is 0 Å². The molecule has 1 unspecified atom stereocenters. The first kappa shape index (κ1) is 19.0. The van der Waals surface area contributed by atoms with Gasteiger partial charge < -0.3 is 14.8 Å². The van der Waals surface area contributed by atoms with E-state index in [1.165, 1.54) is 4.90 Å². The predicted octanol–water partition coefficient (Wildman–Crippen LogP) is 2.44. The van der Waals surface area contributed by atoms with Crippen LogP contribution in [0.15, 0.2) is 30.3 Å². The van der Waals surface area contributed by atoms with Crippen molar-refractivity contribution in [1.82, 2.24) is 10.2 Å². The highest BCUT2D eigenvalue weighted by Crippen LogP contribution is 2.23. The van der Waals surface area contributed by atoms with Crippen molar-refractivity contribution in [3.63, 3.8) is 0 Å². The van der Waals surface area contributed by atoms with Crippen molar-refractivity contribution < 1.29 is 32.2 Å². The molecule has 1 aliphatic heterocycles. The molecule has 0 aliphatic carbocycles. The van der Waals surface area contributed by atoms with Crippen LogP contribution in [-0.4, -0.2) is 48.5 Å². The predicted molar refractivity (Wildman–Crippen MR) is 81.3 cm³/mol. The number of hydrogen-bond acceptors (Lipinski definition) is 4. The molecule has 1 heterocycles. The highest BCUT2D eigenvalue weighted by Gasteiger charge is 2.45. The smallest absolute Gasteiger partial charge is 0.444 e. The third-order valence-corrected chi connectivity index (χ3v) is 3.68. The van der Waals surface area contributed by atoms with E-state index in [2.05, 4.69) is 0 Å². The summed E-state index contributed by atoms with van der Waals surface area (Å²) in [5.74, 6) is -2.05. The average Bonchev–Trinajstić information content (AvgIpc) is 2.96. The lowest BCUT2D eigenvalue weighted by Crippen LogP contribution is -2.51. The summed E-state index contributed by atoms with van der Waals surface area (Å²) < 4.78 is 47.8. The summed E-state index contributed by atoms with van der Waals surface area (Å²) in [6.07, 6.45) is -6.55. The summed E-state index contributed by atoms with van der Waals surface area (Å²) >= 11 is 0. The minimum Gasteiger partial charge on any atom is -0.444 e. The van der Waals surface area contributed by atoms with Crippen LogP contribution in [0.1, 0.15) is 18.9 Å². The minimum atomic E-state index is -4.99. The third-order valence-electron chi connectivity index (χ3n) is 3.68. The number of carbonyl (C=O) groups excluding carboxylic acids is 2. The largest absolute Gasteiger partial charge is 0.471 e. The Labute approximate surface area is 142 Å². The molecule has 1 N–H and O–H groups in total. The molecule has 9 heteroatoms. The number of halogens is 3. The second kappa shape index (κ2) is 8.19. The number of benzene rings is 1. The Morgan fingerprint density at radius 1 is 1.28 bits per heavy atom. The zero-order valence-corrected chi connectivity index (χ0v) is 13.6. The highest BCUT2D eigenvalue weighted by molar-refractivity contribution is 5.82. The monoisotopic (exact) mass is 360 g/mol. The van der Waals surface area contributed by atoms with E-state index in [0.29, 0.717) is 0 Å². The van der Waals surface area contributed by atoms with Gasteiger partial charge in [0.15, 0.2) is 6.23 Å². The molecule has 0 spiro atoms. The number of rotatable bonds is 5. The quantitative estimate of drug-likeness (QED) is 0.876. The zero-order valence-electron chi connectivity index (χ0n) is 13.6. The standard InChI is InChI=1S/C16H19F3N2O4/c1-2-24-13-12(20-14(22)16(17,18)19)8-9-21(13)15(23)25-10-11-6-4-3-5-7-11/h3-7,12-13H,2,8-10H2,1H3,(H,20,22)/t12-,13?/m0/s1. The van der Waals surface area contributed by atoms with E-state index in [4.69, 9.17) is 9.47 Å². The molecule has 0 radical (unpaired) electrons. The van der Waals surface area contributed by atoms with Gasteiger partial charge in [-0.3, -0.25) is 9.69 Å². The average molecular weight is 360 g/mol. The van der Waals surface area contributed by atoms with Gasteiger partial charge in [-0.05, 0) is 18.9 Å². The maximum Gasteiger partial charge on any atom is 0.471 e. The van der Waals surface area contributed by atoms with Crippen LogP contribution >= 0.6 is 0 Å². The van der Waals surface area contributed by atoms with Crippen molar-refractivity contribution in [3.05, 3.63) is 35.9 Å². The number of nitrogens with one attached hydrogen (secondary N) is 1. The number of nitrogens with zero attached hydrogens (tertiary/aromatic N) is 1. The van der Waals surface area contributed by atoms with E-state index in [9.17, 15) is 22.8 Å². The van der Waals surface area contributed by atoms with Crippen LogP contribution in [0.5, 0.6) is 0 Å². The molecule has 25 heavy (non-hydrogen) atoms. The fraction of sp³-hybridized carbons (Fsp3) is 0.500. The molecule has 2 amide bonds. The fourth-order valence-electron chi connectivity index (χ4n) is 2.53. The van der Waals surface area contributed by atoms with Crippen LogP contribution in [0.3, 0.4) is 0 Å². The molecule has 0 aromatic heterocycles. The molecule has 2 atom stereocenters. The summed E-state index contributed by atoms with van der Waals surface area (Å²) in [4.78, 5) is 24.5. The second-order valence-corrected chi connectivity index (χ2v) is 5.45. The molecule has 1 aliphatic rings. The third kappa shape index (κ3) is 5.09. The van der Waals surface area contributed by atoms with Crippen molar-refractivity contribution in [2.75, 3.05) is 13.2 Å². The summed E-state index contributed by atoms with van der Waals surface area (Å²) in [7, 11) is 0. The molecular weight excluding hydrogens is 341 g/mol.